The maximum Gasteiger partial charge on any atom is 0.220 e. The van der Waals surface area contributed by atoms with Crippen molar-refractivity contribution in [1.82, 2.24) is 10.2 Å². The van der Waals surface area contributed by atoms with Gasteiger partial charge in [0.2, 0.25) is 5.91 Å². The molecular weight excluding hydrogens is 267 g/mol. The summed E-state index contributed by atoms with van der Waals surface area (Å²) in [7, 11) is 0. The van der Waals surface area contributed by atoms with Crippen LogP contribution in [0.2, 0.25) is 0 Å². The number of likely N-dealkylation sites (tertiary alicyclic amines) is 1. The highest BCUT2D eigenvalue weighted by molar-refractivity contribution is 5.76. The van der Waals surface area contributed by atoms with E-state index in [1.807, 2.05) is 0 Å². The third kappa shape index (κ3) is 5.12. The standard InChI is InChI=1S/C17H25FN2O/c1-2-20-12-4-3-5-16(20)13-19-17(21)11-8-14-6-9-15(18)10-7-14/h6-7,9-10,16H,2-5,8,11-13H2,1H3,(H,19,21). The van der Waals surface area contributed by atoms with Gasteiger partial charge in [-0.15, -0.1) is 0 Å². The third-order valence-corrected chi connectivity index (χ3v) is 4.24. The molecule has 0 spiro atoms. The Bertz CT molecular complexity index is 447. The number of nitrogens with zero attached hydrogens (tertiary/aromatic N) is 1. The highest BCUT2D eigenvalue weighted by Crippen LogP contribution is 2.15. The molecule has 4 heteroatoms. The summed E-state index contributed by atoms with van der Waals surface area (Å²) >= 11 is 0. The van der Waals surface area contributed by atoms with Gasteiger partial charge in [0, 0.05) is 19.0 Å². The summed E-state index contributed by atoms with van der Waals surface area (Å²) < 4.78 is 12.8. The zero-order valence-corrected chi connectivity index (χ0v) is 12.8. The van der Waals surface area contributed by atoms with E-state index >= 15 is 0 Å². The van der Waals surface area contributed by atoms with Gasteiger partial charge in [-0.3, -0.25) is 9.69 Å². The Hall–Kier alpha value is -1.42. The first-order chi connectivity index (χ1) is 10.2. The number of hydrogen-bond donors (Lipinski definition) is 1. The molecule has 0 bridgehead atoms. The SMILES string of the molecule is CCN1CCCCC1CNC(=O)CCc1ccc(F)cc1. The molecule has 0 radical (unpaired) electrons. The van der Waals surface area contributed by atoms with E-state index in [2.05, 4.69) is 17.1 Å². The second-order valence-electron chi connectivity index (χ2n) is 5.71. The van der Waals surface area contributed by atoms with E-state index in [-0.39, 0.29) is 11.7 Å². The second-order valence-corrected chi connectivity index (χ2v) is 5.71. The van der Waals surface area contributed by atoms with Crippen LogP contribution in [0.4, 0.5) is 4.39 Å². The fourth-order valence-corrected chi connectivity index (χ4v) is 2.94. The molecule has 1 aliphatic heterocycles. The molecule has 0 aromatic heterocycles. The number of halogens is 1. The Morgan fingerprint density at radius 1 is 1.33 bits per heavy atom. The molecule has 21 heavy (non-hydrogen) atoms. The summed E-state index contributed by atoms with van der Waals surface area (Å²) in [6.07, 6.45) is 4.82. The molecule has 1 heterocycles. The number of benzene rings is 1. The third-order valence-electron chi connectivity index (χ3n) is 4.24. The summed E-state index contributed by atoms with van der Waals surface area (Å²) in [5.74, 6) is -0.152. The number of amides is 1. The van der Waals surface area contributed by atoms with Crippen molar-refractivity contribution in [2.24, 2.45) is 0 Å². The summed E-state index contributed by atoms with van der Waals surface area (Å²) in [5, 5.41) is 3.04. The minimum absolute atomic E-state index is 0.0842. The predicted molar refractivity (Wildman–Crippen MR) is 82.6 cm³/mol. The van der Waals surface area contributed by atoms with E-state index in [1.165, 1.54) is 31.4 Å². The number of rotatable bonds is 6. The molecule has 1 fully saturated rings. The van der Waals surface area contributed by atoms with Crippen molar-refractivity contribution < 1.29 is 9.18 Å². The van der Waals surface area contributed by atoms with E-state index in [1.54, 1.807) is 12.1 Å². The van der Waals surface area contributed by atoms with Crippen molar-refractivity contribution in [3.8, 4) is 0 Å². The van der Waals surface area contributed by atoms with E-state index in [9.17, 15) is 9.18 Å². The van der Waals surface area contributed by atoms with Crippen molar-refractivity contribution in [1.29, 1.82) is 0 Å². The first-order valence-electron chi connectivity index (χ1n) is 7.94. The minimum atomic E-state index is -0.236. The molecule has 1 aromatic rings. The lowest BCUT2D eigenvalue weighted by atomic mass is 10.0. The zero-order chi connectivity index (χ0) is 15.1. The van der Waals surface area contributed by atoms with Gasteiger partial charge in [0.05, 0.1) is 0 Å². The molecule has 1 unspecified atom stereocenters. The number of carbonyl (C=O) groups is 1. The number of hydrogen-bond acceptors (Lipinski definition) is 2. The molecule has 1 atom stereocenters. The van der Waals surface area contributed by atoms with Gasteiger partial charge in [-0.2, -0.15) is 0 Å². The van der Waals surface area contributed by atoms with Crippen LogP contribution in [-0.4, -0.2) is 36.5 Å². The van der Waals surface area contributed by atoms with Crippen molar-refractivity contribution in [3.05, 3.63) is 35.6 Å². The number of nitrogens with one attached hydrogen (secondary N) is 1. The van der Waals surface area contributed by atoms with E-state index in [4.69, 9.17) is 0 Å². The van der Waals surface area contributed by atoms with Crippen molar-refractivity contribution >= 4 is 5.91 Å². The number of carbonyl (C=O) groups excluding carboxylic acids is 1. The molecule has 3 nitrogen and oxygen atoms in total. The summed E-state index contributed by atoms with van der Waals surface area (Å²) in [5.41, 5.74) is 0.999. The maximum atomic E-state index is 12.8. The van der Waals surface area contributed by atoms with Crippen LogP contribution >= 0.6 is 0 Å². The monoisotopic (exact) mass is 292 g/mol. The van der Waals surface area contributed by atoms with Gasteiger partial charge in [0.25, 0.3) is 0 Å². The number of aryl methyl sites for hydroxylation is 1. The van der Waals surface area contributed by atoms with Crippen molar-refractivity contribution in [2.45, 2.75) is 45.1 Å². The fourth-order valence-electron chi connectivity index (χ4n) is 2.94. The molecule has 1 aliphatic rings. The van der Waals surface area contributed by atoms with Crippen LogP contribution in [0.25, 0.3) is 0 Å². The zero-order valence-electron chi connectivity index (χ0n) is 12.8. The van der Waals surface area contributed by atoms with E-state index in [0.717, 1.165) is 25.2 Å². The molecule has 2 rings (SSSR count). The van der Waals surface area contributed by atoms with Gasteiger partial charge >= 0.3 is 0 Å². The van der Waals surface area contributed by atoms with Crippen LogP contribution in [0, 0.1) is 5.82 Å². The highest BCUT2D eigenvalue weighted by atomic mass is 19.1. The van der Waals surface area contributed by atoms with Gasteiger partial charge < -0.3 is 5.32 Å². The predicted octanol–water partition coefficient (Wildman–Crippen LogP) is 2.75. The van der Waals surface area contributed by atoms with Crippen LogP contribution in [0.5, 0.6) is 0 Å². The van der Waals surface area contributed by atoms with E-state index < -0.39 is 0 Å². The van der Waals surface area contributed by atoms with Crippen LogP contribution in [0.3, 0.4) is 0 Å². The van der Waals surface area contributed by atoms with Gasteiger partial charge in [-0.25, -0.2) is 4.39 Å². The second kappa shape index (κ2) is 8.13. The van der Waals surface area contributed by atoms with Crippen molar-refractivity contribution in [3.63, 3.8) is 0 Å². The summed E-state index contributed by atoms with van der Waals surface area (Å²) in [6.45, 7) is 5.12. The smallest absolute Gasteiger partial charge is 0.220 e. The highest BCUT2D eigenvalue weighted by Gasteiger charge is 2.20. The van der Waals surface area contributed by atoms with Gasteiger partial charge in [-0.05, 0) is 50.0 Å². The van der Waals surface area contributed by atoms with Gasteiger partial charge in [0.15, 0.2) is 0 Å². The Kier molecular flexibility index (Phi) is 6.18. The van der Waals surface area contributed by atoms with Crippen LogP contribution in [-0.2, 0) is 11.2 Å². The Morgan fingerprint density at radius 3 is 2.81 bits per heavy atom. The minimum Gasteiger partial charge on any atom is -0.355 e. The van der Waals surface area contributed by atoms with Crippen LogP contribution in [0.1, 0.15) is 38.2 Å². The first-order valence-corrected chi connectivity index (χ1v) is 7.94. The Morgan fingerprint density at radius 2 is 2.10 bits per heavy atom. The normalized spacial score (nSPS) is 19.4. The molecule has 0 aliphatic carbocycles. The largest absolute Gasteiger partial charge is 0.355 e. The molecule has 1 N–H and O–H groups in total. The van der Waals surface area contributed by atoms with Crippen LogP contribution < -0.4 is 5.32 Å². The summed E-state index contributed by atoms with van der Waals surface area (Å²) in [6, 6.07) is 6.84. The topological polar surface area (TPSA) is 32.3 Å². The Balaban J connectivity index is 1.70. The lowest BCUT2D eigenvalue weighted by Crippen LogP contribution is -2.46. The number of piperidine rings is 1. The maximum absolute atomic E-state index is 12.8. The van der Waals surface area contributed by atoms with Gasteiger partial charge in [0.1, 0.15) is 5.82 Å². The average molecular weight is 292 g/mol. The lowest BCUT2D eigenvalue weighted by molar-refractivity contribution is -0.121. The Labute approximate surface area is 126 Å². The number of likely N-dealkylation sites (N-methyl/N-ethyl adjacent to an activating group) is 1. The average Bonchev–Trinajstić information content (AvgIpc) is 2.52. The molecule has 1 aromatic carbocycles. The quantitative estimate of drug-likeness (QED) is 0.874. The van der Waals surface area contributed by atoms with Gasteiger partial charge in [-0.1, -0.05) is 25.5 Å². The van der Waals surface area contributed by atoms with Crippen molar-refractivity contribution in [2.75, 3.05) is 19.6 Å². The molecule has 1 saturated heterocycles. The molecular formula is C17H25FN2O. The summed E-state index contributed by atoms with van der Waals surface area (Å²) in [4.78, 5) is 14.4. The molecule has 1 amide bonds. The molecule has 0 saturated carbocycles. The fraction of sp³-hybridized carbons (Fsp3) is 0.588. The van der Waals surface area contributed by atoms with Crippen LogP contribution in [0.15, 0.2) is 24.3 Å². The van der Waals surface area contributed by atoms with E-state index in [0.29, 0.717) is 18.9 Å². The first kappa shape index (κ1) is 16.0. The lowest BCUT2D eigenvalue weighted by Gasteiger charge is -2.34. The molecule has 116 valence electrons.